The minimum absolute atomic E-state index is 0.815. The Balaban J connectivity index is 3.02. The maximum Gasteiger partial charge on any atom is 0.0414 e. The third-order valence-corrected chi connectivity index (χ3v) is 2.25. The summed E-state index contributed by atoms with van der Waals surface area (Å²) in [4.78, 5) is 0. The summed E-state index contributed by atoms with van der Waals surface area (Å²) in [6.45, 7) is 6.35. The van der Waals surface area contributed by atoms with Crippen molar-refractivity contribution in [3.63, 3.8) is 0 Å². The van der Waals surface area contributed by atoms with Crippen molar-refractivity contribution < 1.29 is 0 Å². The molecular formula is C12H15Cl. The maximum atomic E-state index is 5.95. The highest BCUT2D eigenvalue weighted by atomic mass is 35.5. The number of benzene rings is 1. The van der Waals surface area contributed by atoms with E-state index in [1.54, 1.807) is 0 Å². The van der Waals surface area contributed by atoms with E-state index < -0.39 is 0 Å². The third kappa shape index (κ3) is 3.23. The first-order chi connectivity index (χ1) is 6.11. The predicted octanol–water partition coefficient (Wildman–Crippen LogP) is 4.46. The Morgan fingerprint density at radius 2 is 2.08 bits per heavy atom. The van der Waals surface area contributed by atoms with E-state index >= 15 is 0 Å². The molecule has 13 heavy (non-hydrogen) atoms. The average Bonchev–Trinajstić information content (AvgIpc) is 2.02. The van der Waals surface area contributed by atoms with Crippen LogP contribution in [-0.4, -0.2) is 0 Å². The van der Waals surface area contributed by atoms with Crippen LogP contribution in [0.1, 0.15) is 31.4 Å². The smallest absolute Gasteiger partial charge is 0.0414 e. The summed E-state index contributed by atoms with van der Waals surface area (Å²) in [5, 5.41) is 0.815. The normalized spacial score (nSPS) is 11.8. The van der Waals surface area contributed by atoms with Crippen molar-refractivity contribution in [3.8, 4) is 0 Å². The Kier molecular flexibility index (Phi) is 3.56. The lowest BCUT2D eigenvalue weighted by atomic mass is 10.1. The average molecular weight is 195 g/mol. The van der Waals surface area contributed by atoms with E-state index in [4.69, 9.17) is 11.6 Å². The van der Waals surface area contributed by atoms with Crippen LogP contribution in [0, 0.1) is 6.92 Å². The second-order valence-electron chi connectivity index (χ2n) is 3.41. The van der Waals surface area contributed by atoms with Gasteiger partial charge in [0.05, 0.1) is 0 Å². The summed E-state index contributed by atoms with van der Waals surface area (Å²) >= 11 is 5.95. The van der Waals surface area contributed by atoms with Crippen LogP contribution in [0.4, 0.5) is 0 Å². The lowest BCUT2D eigenvalue weighted by Crippen LogP contribution is -1.79. The van der Waals surface area contributed by atoms with Crippen LogP contribution in [0.2, 0.25) is 5.02 Å². The summed E-state index contributed by atoms with van der Waals surface area (Å²) in [7, 11) is 0. The van der Waals surface area contributed by atoms with Crippen molar-refractivity contribution in [2.75, 3.05) is 0 Å². The molecule has 0 radical (unpaired) electrons. The number of halogens is 1. The summed E-state index contributed by atoms with van der Waals surface area (Å²) in [6, 6.07) is 6.11. The molecule has 0 saturated carbocycles. The van der Waals surface area contributed by atoms with E-state index in [2.05, 4.69) is 32.9 Å². The zero-order chi connectivity index (χ0) is 9.84. The van der Waals surface area contributed by atoms with Crippen molar-refractivity contribution in [2.45, 2.75) is 27.2 Å². The van der Waals surface area contributed by atoms with Gasteiger partial charge in [-0.3, -0.25) is 0 Å². The van der Waals surface area contributed by atoms with E-state index in [0.717, 1.165) is 11.4 Å². The standard InChI is InChI=1S/C12H15Cl/c1-4-9(2)5-11-6-10(3)7-12(13)8-11/h5-8H,4H2,1-3H3/b9-5+. The van der Waals surface area contributed by atoms with Crippen LogP contribution >= 0.6 is 11.6 Å². The van der Waals surface area contributed by atoms with Crippen molar-refractivity contribution in [1.29, 1.82) is 0 Å². The Morgan fingerprint density at radius 1 is 1.38 bits per heavy atom. The van der Waals surface area contributed by atoms with E-state index in [-0.39, 0.29) is 0 Å². The van der Waals surface area contributed by atoms with Crippen LogP contribution in [0.25, 0.3) is 6.08 Å². The van der Waals surface area contributed by atoms with Gasteiger partial charge in [0, 0.05) is 5.02 Å². The number of aryl methyl sites for hydroxylation is 1. The maximum absolute atomic E-state index is 5.95. The molecule has 1 aromatic carbocycles. The monoisotopic (exact) mass is 194 g/mol. The summed E-state index contributed by atoms with van der Waals surface area (Å²) < 4.78 is 0. The van der Waals surface area contributed by atoms with Gasteiger partial charge in [-0.2, -0.15) is 0 Å². The fourth-order valence-corrected chi connectivity index (χ4v) is 1.53. The highest BCUT2D eigenvalue weighted by molar-refractivity contribution is 6.30. The van der Waals surface area contributed by atoms with Crippen molar-refractivity contribution >= 4 is 17.7 Å². The SMILES string of the molecule is CC/C(C)=C/c1cc(C)cc(Cl)c1. The van der Waals surface area contributed by atoms with Crippen molar-refractivity contribution in [3.05, 3.63) is 39.9 Å². The topological polar surface area (TPSA) is 0 Å². The van der Waals surface area contributed by atoms with E-state index in [0.29, 0.717) is 0 Å². The first kappa shape index (κ1) is 10.3. The van der Waals surface area contributed by atoms with E-state index in [1.807, 2.05) is 12.1 Å². The van der Waals surface area contributed by atoms with Gasteiger partial charge in [-0.15, -0.1) is 0 Å². The van der Waals surface area contributed by atoms with Crippen molar-refractivity contribution in [2.24, 2.45) is 0 Å². The summed E-state index contributed by atoms with van der Waals surface area (Å²) in [5.41, 5.74) is 3.79. The first-order valence-corrected chi connectivity index (χ1v) is 4.94. The zero-order valence-corrected chi connectivity index (χ0v) is 9.15. The Labute approximate surface area is 85.2 Å². The van der Waals surface area contributed by atoms with Gasteiger partial charge in [0.25, 0.3) is 0 Å². The molecule has 0 atom stereocenters. The molecule has 0 bridgehead atoms. The van der Waals surface area contributed by atoms with Crippen LogP contribution in [-0.2, 0) is 0 Å². The molecule has 0 aromatic heterocycles. The first-order valence-electron chi connectivity index (χ1n) is 4.56. The van der Waals surface area contributed by atoms with Crippen LogP contribution < -0.4 is 0 Å². The molecule has 0 spiro atoms. The second kappa shape index (κ2) is 4.48. The van der Waals surface area contributed by atoms with Crippen LogP contribution in [0.5, 0.6) is 0 Å². The number of hydrogen-bond donors (Lipinski definition) is 0. The number of rotatable bonds is 2. The molecule has 0 aliphatic heterocycles. The zero-order valence-electron chi connectivity index (χ0n) is 8.39. The quantitative estimate of drug-likeness (QED) is 0.652. The van der Waals surface area contributed by atoms with Crippen molar-refractivity contribution in [1.82, 2.24) is 0 Å². The molecule has 1 aromatic rings. The fourth-order valence-electron chi connectivity index (χ4n) is 1.23. The molecule has 0 N–H and O–H groups in total. The highest BCUT2D eigenvalue weighted by Gasteiger charge is 1.94. The van der Waals surface area contributed by atoms with Gasteiger partial charge in [-0.1, -0.05) is 36.2 Å². The van der Waals surface area contributed by atoms with E-state index in [9.17, 15) is 0 Å². The molecule has 0 amide bonds. The lowest BCUT2D eigenvalue weighted by molar-refractivity contribution is 1.11. The van der Waals surface area contributed by atoms with Gasteiger partial charge < -0.3 is 0 Å². The molecule has 0 aliphatic carbocycles. The Morgan fingerprint density at radius 3 is 2.62 bits per heavy atom. The van der Waals surface area contributed by atoms with Gasteiger partial charge >= 0.3 is 0 Å². The highest BCUT2D eigenvalue weighted by Crippen LogP contribution is 2.17. The van der Waals surface area contributed by atoms with Gasteiger partial charge in [0.2, 0.25) is 0 Å². The molecule has 0 saturated heterocycles. The Bertz CT molecular complexity index is 304. The largest absolute Gasteiger partial charge is 0.0843 e. The number of allylic oxidation sites excluding steroid dienone is 1. The molecule has 70 valence electrons. The minimum atomic E-state index is 0.815. The van der Waals surface area contributed by atoms with Gasteiger partial charge in [0.15, 0.2) is 0 Å². The summed E-state index contributed by atoms with van der Waals surface area (Å²) in [5.74, 6) is 0. The van der Waals surface area contributed by atoms with E-state index in [1.165, 1.54) is 16.7 Å². The minimum Gasteiger partial charge on any atom is -0.0843 e. The van der Waals surface area contributed by atoms with Crippen LogP contribution in [0.3, 0.4) is 0 Å². The molecule has 0 fully saturated rings. The predicted molar refractivity (Wildman–Crippen MR) is 60.1 cm³/mol. The molecule has 0 aliphatic rings. The Hall–Kier alpha value is -0.750. The summed E-state index contributed by atoms with van der Waals surface area (Å²) in [6.07, 6.45) is 3.27. The molecule has 0 unspecified atom stereocenters. The van der Waals surface area contributed by atoms with Crippen LogP contribution in [0.15, 0.2) is 23.8 Å². The third-order valence-electron chi connectivity index (χ3n) is 2.04. The fraction of sp³-hybridized carbons (Fsp3) is 0.333. The van der Waals surface area contributed by atoms with Gasteiger partial charge in [0.1, 0.15) is 0 Å². The molecule has 1 rings (SSSR count). The molecular weight excluding hydrogens is 180 g/mol. The van der Waals surface area contributed by atoms with Gasteiger partial charge in [-0.25, -0.2) is 0 Å². The second-order valence-corrected chi connectivity index (χ2v) is 3.84. The molecule has 0 nitrogen and oxygen atoms in total. The number of hydrogen-bond acceptors (Lipinski definition) is 0. The molecule has 1 heteroatoms. The molecule has 0 heterocycles. The van der Waals surface area contributed by atoms with Gasteiger partial charge in [-0.05, 0) is 43.5 Å². The lowest BCUT2D eigenvalue weighted by Gasteiger charge is -2.00.